The second-order valence-corrected chi connectivity index (χ2v) is 8.69. The zero-order valence-corrected chi connectivity index (χ0v) is 17.7. The summed E-state index contributed by atoms with van der Waals surface area (Å²) in [5.74, 6) is -0.217. The SMILES string of the molecule is CC(C)C(C#N)(CCCN(C)C1CCc2ccccc2C1)c1ccc(O)c(O)c1. The molecule has 1 aliphatic carbocycles. The lowest BCUT2D eigenvalue weighted by molar-refractivity contribution is 0.209. The van der Waals surface area contributed by atoms with Gasteiger partial charge in [0.1, 0.15) is 0 Å². The van der Waals surface area contributed by atoms with Gasteiger partial charge in [0.25, 0.3) is 0 Å². The van der Waals surface area contributed by atoms with Crippen molar-refractivity contribution in [1.82, 2.24) is 4.90 Å². The first kappa shape index (κ1) is 21.2. The monoisotopic (exact) mass is 392 g/mol. The lowest BCUT2D eigenvalue weighted by atomic mass is 9.69. The predicted molar refractivity (Wildman–Crippen MR) is 116 cm³/mol. The number of rotatable bonds is 7. The molecule has 0 spiro atoms. The van der Waals surface area contributed by atoms with Crippen LogP contribution in [0.5, 0.6) is 11.5 Å². The highest BCUT2D eigenvalue weighted by Crippen LogP contribution is 2.40. The van der Waals surface area contributed by atoms with Gasteiger partial charge in [-0.05, 0) is 80.4 Å². The van der Waals surface area contributed by atoms with Crippen LogP contribution in [-0.4, -0.2) is 34.7 Å². The van der Waals surface area contributed by atoms with Gasteiger partial charge in [-0.1, -0.05) is 44.2 Å². The Hall–Kier alpha value is -2.51. The van der Waals surface area contributed by atoms with Crippen LogP contribution in [0, 0.1) is 17.2 Å². The molecule has 1 aliphatic rings. The van der Waals surface area contributed by atoms with Crippen molar-refractivity contribution in [2.45, 2.75) is 57.4 Å². The first-order valence-corrected chi connectivity index (χ1v) is 10.6. The third kappa shape index (κ3) is 4.41. The van der Waals surface area contributed by atoms with Crippen molar-refractivity contribution in [3.63, 3.8) is 0 Å². The molecule has 2 atom stereocenters. The van der Waals surface area contributed by atoms with Gasteiger partial charge < -0.3 is 15.1 Å². The number of benzene rings is 2. The fraction of sp³-hybridized carbons (Fsp3) is 0.480. The summed E-state index contributed by atoms with van der Waals surface area (Å²) in [6.45, 7) is 5.04. The van der Waals surface area contributed by atoms with Gasteiger partial charge in [-0.3, -0.25) is 0 Å². The molecular weight excluding hydrogens is 360 g/mol. The Balaban J connectivity index is 1.66. The number of aromatic hydroxyl groups is 2. The number of aryl methyl sites for hydroxylation is 1. The molecule has 0 bridgehead atoms. The smallest absolute Gasteiger partial charge is 0.157 e. The molecule has 154 valence electrons. The Labute approximate surface area is 174 Å². The van der Waals surface area contributed by atoms with Gasteiger partial charge in [-0.15, -0.1) is 0 Å². The molecule has 2 aromatic carbocycles. The van der Waals surface area contributed by atoms with E-state index in [0.29, 0.717) is 6.04 Å². The van der Waals surface area contributed by atoms with Crippen LogP contribution >= 0.6 is 0 Å². The van der Waals surface area contributed by atoms with E-state index in [-0.39, 0.29) is 17.4 Å². The molecule has 2 N–H and O–H groups in total. The number of hydrogen-bond donors (Lipinski definition) is 2. The van der Waals surface area contributed by atoms with Crippen molar-refractivity contribution in [2.24, 2.45) is 5.92 Å². The van der Waals surface area contributed by atoms with Gasteiger partial charge in [0.05, 0.1) is 11.5 Å². The molecule has 3 rings (SSSR count). The van der Waals surface area contributed by atoms with Crippen molar-refractivity contribution >= 4 is 0 Å². The second-order valence-electron chi connectivity index (χ2n) is 8.69. The number of hydrogen-bond acceptors (Lipinski definition) is 4. The fourth-order valence-corrected chi connectivity index (χ4v) is 4.66. The number of nitriles is 1. The van der Waals surface area contributed by atoms with E-state index < -0.39 is 5.41 Å². The minimum absolute atomic E-state index is 0.100. The molecule has 4 heteroatoms. The minimum Gasteiger partial charge on any atom is -0.504 e. The molecule has 0 fully saturated rings. The standard InChI is InChI=1S/C25H32N2O2/c1-18(2)25(17-26,21-10-12-23(28)24(29)16-21)13-6-14-27(3)22-11-9-19-7-4-5-8-20(19)15-22/h4-5,7-8,10,12,16,18,22,28-29H,6,9,11,13-15H2,1-3H3. The number of phenolic OH excluding ortho intramolecular Hbond substituents is 2. The summed E-state index contributed by atoms with van der Waals surface area (Å²) in [6.07, 6.45) is 5.02. The summed E-state index contributed by atoms with van der Waals surface area (Å²) < 4.78 is 0. The third-order valence-electron chi connectivity index (χ3n) is 6.70. The lowest BCUT2D eigenvalue weighted by Gasteiger charge is -2.35. The average Bonchev–Trinajstić information content (AvgIpc) is 2.72. The normalized spacial score (nSPS) is 18.3. The minimum atomic E-state index is -0.675. The highest BCUT2D eigenvalue weighted by molar-refractivity contribution is 5.45. The van der Waals surface area contributed by atoms with Crippen LogP contribution in [0.4, 0.5) is 0 Å². The topological polar surface area (TPSA) is 67.5 Å². The van der Waals surface area contributed by atoms with Crippen LogP contribution in [0.2, 0.25) is 0 Å². The number of phenols is 2. The van der Waals surface area contributed by atoms with Crippen LogP contribution in [-0.2, 0) is 18.3 Å². The zero-order valence-electron chi connectivity index (χ0n) is 17.7. The van der Waals surface area contributed by atoms with Crippen LogP contribution in [0.25, 0.3) is 0 Å². The summed E-state index contributed by atoms with van der Waals surface area (Å²) in [7, 11) is 2.19. The van der Waals surface area contributed by atoms with Crippen molar-refractivity contribution in [2.75, 3.05) is 13.6 Å². The molecule has 0 radical (unpaired) electrons. The highest BCUT2D eigenvalue weighted by Gasteiger charge is 2.36. The maximum atomic E-state index is 10.1. The molecule has 29 heavy (non-hydrogen) atoms. The van der Waals surface area contributed by atoms with Crippen molar-refractivity contribution in [1.29, 1.82) is 5.26 Å². The number of nitrogens with zero attached hydrogens (tertiary/aromatic N) is 2. The molecule has 0 saturated heterocycles. The fourth-order valence-electron chi connectivity index (χ4n) is 4.66. The van der Waals surface area contributed by atoms with Crippen LogP contribution < -0.4 is 0 Å². The van der Waals surface area contributed by atoms with E-state index in [1.165, 1.54) is 23.6 Å². The van der Waals surface area contributed by atoms with Crippen molar-refractivity contribution in [3.05, 3.63) is 59.2 Å². The van der Waals surface area contributed by atoms with Gasteiger partial charge in [0, 0.05) is 6.04 Å². The van der Waals surface area contributed by atoms with Crippen LogP contribution in [0.3, 0.4) is 0 Å². The molecule has 2 aromatic rings. The molecule has 0 heterocycles. The molecule has 2 unspecified atom stereocenters. The van der Waals surface area contributed by atoms with E-state index in [2.05, 4.69) is 56.1 Å². The first-order valence-electron chi connectivity index (χ1n) is 10.6. The maximum absolute atomic E-state index is 10.1. The number of likely N-dealkylation sites (N-methyl/N-ethyl adjacent to an activating group) is 1. The Morgan fingerprint density at radius 1 is 1.14 bits per heavy atom. The van der Waals surface area contributed by atoms with Gasteiger partial charge in [0.15, 0.2) is 11.5 Å². The van der Waals surface area contributed by atoms with E-state index in [1.807, 2.05) is 0 Å². The van der Waals surface area contributed by atoms with E-state index in [4.69, 9.17) is 0 Å². The van der Waals surface area contributed by atoms with Gasteiger partial charge in [0.2, 0.25) is 0 Å². The molecule has 0 amide bonds. The Bertz CT molecular complexity index is 887. The maximum Gasteiger partial charge on any atom is 0.157 e. The quantitative estimate of drug-likeness (QED) is 0.665. The first-order chi connectivity index (χ1) is 13.9. The Kier molecular flexibility index (Phi) is 6.49. The van der Waals surface area contributed by atoms with Crippen LogP contribution in [0.15, 0.2) is 42.5 Å². The summed E-state index contributed by atoms with van der Waals surface area (Å²) in [6, 6.07) is 16.6. The molecule has 0 aliphatic heterocycles. The molecule has 4 nitrogen and oxygen atoms in total. The van der Waals surface area contributed by atoms with Crippen molar-refractivity contribution in [3.8, 4) is 17.6 Å². The molecular formula is C25H32N2O2. The third-order valence-corrected chi connectivity index (χ3v) is 6.70. The molecule has 0 saturated carbocycles. The van der Waals surface area contributed by atoms with E-state index >= 15 is 0 Å². The van der Waals surface area contributed by atoms with Crippen LogP contribution in [0.1, 0.15) is 49.8 Å². The van der Waals surface area contributed by atoms with Crippen molar-refractivity contribution < 1.29 is 10.2 Å². The van der Waals surface area contributed by atoms with Gasteiger partial charge in [-0.2, -0.15) is 5.26 Å². The summed E-state index contributed by atoms with van der Waals surface area (Å²) in [4.78, 5) is 2.44. The number of fused-ring (bicyclic) bond motifs is 1. The largest absolute Gasteiger partial charge is 0.504 e. The summed E-state index contributed by atoms with van der Waals surface area (Å²) in [5, 5.41) is 29.7. The predicted octanol–water partition coefficient (Wildman–Crippen LogP) is 4.78. The van der Waals surface area contributed by atoms with E-state index in [9.17, 15) is 15.5 Å². The zero-order chi connectivity index (χ0) is 21.0. The Morgan fingerprint density at radius 3 is 2.52 bits per heavy atom. The van der Waals surface area contributed by atoms with Gasteiger partial charge in [-0.25, -0.2) is 0 Å². The van der Waals surface area contributed by atoms with E-state index in [1.54, 1.807) is 12.1 Å². The second kappa shape index (κ2) is 8.88. The molecule has 0 aromatic heterocycles. The van der Waals surface area contributed by atoms with Gasteiger partial charge >= 0.3 is 0 Å². The highest BCUT2D eigenvalue weighted by atomic mass is 16.3. The average molecular weight is 393 g/mol. The Morgan fingerprint density at radius 2 is 1.86 bits per heavy atom. The van der Waals surface area contributed by atoms with E-state index in [0.717, 1.165) is 37.8 Å². The lowest BCUT2D eigenvalue weighted by Crippen LogP contribution is -2.38. The summed E-state index contributed by atoms with van der Waals surface area (Å²) in [5.41, 5.74) is 3.04. The summed E-state index contributed by atoms with van der Waals surface area (Å²) >= 11 is 0.